The van der Waals surface area contributed by atoms with Crippen LogP contribution in [0.2, 0.25) is 0 Å². The fourth-order valence-electron chi connectivity index (χ4n) is 3.03. The Hall–Kier alpha value is -1.93. The van der Waals surface area contributed by atoms with Crippen molar-refractivity contribution >= 4 is 22.2 Å². The molecule has 0 unspecified atom stereocenters. The number of anilines is 1. The van der Waals surface area contributed by atoms with E-state index in [9.17, 15) is 4.79 Å². The molecule has 1 aliphatic rings. The lowest BCUT2D eigenvalue weighted by molar-refractivity contribution is 0.0688. The molecule has 1 fully saturated rings. The first-order valence-electron chi connectivity index (χ1n) is 9.66. The highest BCUT2D eigenvalue weighted by molar-refractivity contribution is 7.18. The Morgan fingerprint density at radius 1 is 1.18 bits per heavy atom. The summed E-state index contributed by atoms with van der Waals surface area (Å²) in [5, 5.41) is 4.14. The van der Waals surface area contributed by atoms with Gasteiger partial charge >= 0.3 is 0 Å². The molecule has 0 bridgehead atoms. The second kappa shape index (κ2) is 11.2. The molecule has 28 heavy (non-hydrogen) atoms. The van der Waals surface area contributed by atoms with Gasteiger partial charge in [-0.15, -0.1) is 11.3 Å². The molecule has 0 spiro atoms. The molecule has 1 amide bonds. The van der Waals surface area contributed by atoms with Gasteiger partial charge in [0.2, 0.25) is 0 Å². The number of thiophene rings is 1. The standard InChI is InChI=1S/C21H28N2O4S/c1-25-14-15-26-11-5-8-22-20(24)19-16-18(17-6-3-2-4-7-17)21(28-19)23-9-12-27-13-10-23/h2-4,6-7,16H,5,8-15H2,1H3,(H,22,24). The molecule has 1 aromatic carbocycles. The van der Waals surface area contributed by atoms with Crippen molar-refractivity contribution in [3.05, 3.63) is 41.3 Å². The molecular weight excluding hydrogens is 376 g/mol. The zero-order chi connectivity index (χ0) is 19.6. The first kappa shape index (κ1) is 20.8. The largest absolute Gasteiger partial charge is 0.382 e. The Bertz CT molecular complexity index is 729. The van der Waals surface area contributed by atoms with Gasteiger partial charge in [-0.1, -0.05) is 30.3 Å². The van der Waals surface area contributed by atoms with E-state index in [1.54, 1.807) is 18.4 Å². The smallest absolute Gasteiger partial charge is 0.261 e. The van der Waals surface area contributed by atoms with Gasteiger partial charge in [0, 0.05) is 38.9 Å². The lowest BCUT2D eigenvalue weighted by atomic mass is 10.1. The molecule has 0 radical (unpaired) electrons. The number of carbonyl (C=O) groups excluding carboxylic acids is 1. The van der Waals surface area contributed by atoms with E-state index in [0.717, 1.165) is 53.7 Å². The quantitative estimate of drug-likeness (QED) is 0.617. The van der Waals surface area contributed by atoms with E-state index in [1.807, 2.05) is 24.3 Å². The van der Waals surface area contributed by atoms with E-state index < -0.39 is 0 Å². The number of rotatable bonds is 10. The molecule has 152 valence electrons. The summed E-state index contributed by atoms with van der Waals surface area (Å²) in [6.07, 6.45) is 0.780. The lowest BCUT2D eigenvalue weighted by Gasteiger charge is -2.28. The maximum atomic E-state index is 12.7. The van der Waals surface area contributed by atoms with Gasteiger partial charge in [0.25, 0.3) is 5.91 Å². The zero-order valence-corrected chi connectivity index (χ0v) is 17.1. The van der Waals surface area contributed by atoms with Crippen molar-refractivity contribution in [1.82, 2.24) is 5.32 Å². The molecule has 1 saturated heterocycles. The summed E-state index contributed by atoms with van der Waals surface area (Å²) >= 11 is 1.55. The molecule has 1 aromatic heterocycles. The Balaban J connectivity index is 1.64. The van der Waals surface area contributed by atoms with Crippen LogP contribution in [0.1, 0.15) is 16.1 Å². The molecule has 0 atom stereocenters. The number of methoxy groups -OCH3 is 1. The Morgan fingerprint density at radius 3 is 2.71 bits per heavy atom. The maximum Gasteiger partial charge on any atom is 0.261 e. The third-order valence-corrected chi connectivity index (χ3v) is 5.70. The summed E-state index contributed by atoms with van der Waals surface area (Å²) in [7, 11) is 1.65. The Kier molecular flexibility index (Phi) is 8.29. The molecule has 1 N–H and O–H groups in total. The molecule has 0 saturated carbocycles. The fourth-order valence-corrected chi connectivity index (χ4v) is 4.18. The average molecular weight is 405 g/mol. The molecule has 2 heterocycles. The highest BCUT2D eigenvalue weighted by atomic mass is 32.1. The van der Waals surface area contributed by atoms with Crippen LogP contribution < -0.4 is 10.2 Å². The normalized spacial score (nSPS) is 14.2. The van der Waals surface area contributed by atoms with E-state index in [4.69, 9.17) is 14.2 Å². The molecule has 3 rings (SSSR count). The van der Waals surface area contributed by atoms with Crippen LogP contribution in [0.4, 0.5) is 5.00 Å². The predicted octanol–water partition coefficient (Wildman–Crippen LogP) is 3.03. The van der Waals surface area contributed by atoms with Gasteiger partial charge < -0.3 is 24.4 Å². The Labute approximate surface area is 170 Å². The van der Waals surface area contributed by atoms with Crippen molar-refractivity contribution in [2.24, 2.45) is 0 Å². The number of nitrogens with zero attached hydrogens (tertiary/aromatic N) is 1. The summed E-state index contributed by atoms with van der Waals surface area (Å²) in [5.74, 6) is -0.0291. The number of ether oxygens (including phenoxy) is 3. The SMILES string of the molecule is COCCOCCCNC(=O)c1cc(-c2ccccc2)c(N2CCOCC2)s1. The van der Waals surface area contributed by atoms with Crippen LogP contribution in [-0.2, 0) is 14.2 Å². The number of benzene rings is 1. The minimum atomic E-state index is -0.0291. The van der Waals surface area contributed by atoms with Gasteiger partial charge in [0.05, 0.1) is 36.3 Å². The van der Waals surface area contributed by atoms with Crippen molar-refractivity contribution in [2.45, 2.75) is 6.42 Å². The highest BCUT2D eigenvalue weighted by Gasteiger charge is 2.21. The van der Waals surface area contributed by atoms with Crippen LogP contribution in [0.15, 0.2) is 36.4 Å². The van der Waals surface area contributed by atoms with Crippen LogP contribution in [0, 0.1) is 0 Å². The minimum absolute atomic E-state index is 0.0291. The van der Waals surface area contributed by atoms with Crippen LogP contribution in [0.25, 0.3) is 11.1 Å². The number of carbonyl (C=O) groups is 1. The van der Waals surface area contributed by atoms with Crippen LogP contribution >= 0.6 is 11.3 Å². The maximum absolute atomic E-state index is 12.7. The van der Waals surface area contributed by atoms with Crippen LogP contribution in [0.5, 0.6) is 0 Å². The van der Waals surface area contributed by atoms with Gasteiger partial charge in [-0.25, -0.2) is 0 Å². The second-order valence-corrected chi connectivity index (χ2v) is 7.54. The van der Waals surface area contributed by atoms with E-state index in [0.29, 0.717) is 26.4 Å². The second-order valence-electron chi connectivity index (χ2n) is 6.51. The van der Waals surface area contributed by atoms with Crippen molar-refractivity contribution in [3.63, 3.8) is 0 Å². The topological polar surface area (TPSA) is 60.0 Å². The minimum Gasteiger partial charge on any atom is -0.382 e. The fraction of sp³-hybridized carbons (Fsp3) is 0.476. The molecule has 6 nitrogen and oxygen atoms in total. The Morgan fingerprint density at radius 2 is 1.96 bits per heavy atom. The molecular formula is C21H28N2O4S. The summed E-state index contributed by atoms with van der Waals surface area (Å²) in [5.41, 5.74) is 2.24. The number of hydrogen-bond donors (Lipinski definition) is 1. The monoisotopic (exact) mass is 404 g/mol. The molecule has 1 aliphatic heterocycles. The molecule has 2 aromatic rings. The number of morpholine rings is 1. The first-order chi connectivity index (χ1) is 13.8. The van der Waals surface area contributed by atoms with Crippen molar-refractivity contribution in [2.75, 3.05) is 64.7 Å². The van der Waals surface area contributed by atoms with Gasteiger partial charge in [-0.3, -0.25) is 4.79 Å². The third-order valence-electron chi connectivity index (χ3n) is 4.50. The summed E-state index contributed by atoms with van der Waals surface area (Å²) in [6.45, 7) is 5.51. The van der Waals surface area contributed by atoms with E-state index in [2.05, 4.69) is 22.3 Å². The van der Waals surface area contributed by atoms with Crippen molar-refractivity contribution < 1.29 is 19.0 Å². The number of hydrogen-bond acceptors (Lipinski definition) is 6. The average Bonchev–Trinajstić information content (AvgIpc) is 3.20. The van der Waals surface area contributed by atoms with E-state index in [1.165, 1.54) is 0 Å². The van der Waals surface area contributed by atoms with Crippen LogP contribution in [0.3, 0.4) is 0 Å². The van der Waals surface area contributed by atoms with Gasteiger partial charge in [0.15, 0.2) is 0 Å². The predicted molar refractivity (Wildman–Crippen MR) is 112 cm³/mol. The molecule has 7 heteroatoms. The number of amides is 1. The number of nitrogens with one attached hydrogen (secondary N) is 1. The van der Waals surface area contributed by atoms with Crippen molar-refractivity contribution in [1.29, 1.82) is 0 Å². The third kappa shape index (κ3) is 5.78. The van der Waals surface area contributed by atoms with E-state index in [-0.39, 0.29) is 5.91 Å². The highest BCUT2D eigenvalue weighted by Crippen LogP contribution is 2.39. The van der Waals surface area contributed by atoms with Gasteiger partial charge in [-0.2, -0.15) is 0 Å². The zero-order valence-electron chi connectivity index (χ0n) is 16.3. The summed E-state index contributed by atoms with van der Waals surface area (Å²) < 4.78 is 15.9. The molecule has 0 aliphatic carbocycles. The van der Waals surface area contributed by atoms with Crippen molar-refractivity contribution in [3.8, 4) is 11.1 Å². The summed E-state index contributed by atoms with van der Waals surface area (Å²) in [4.78, 5) is 15.7. The summed E-state index contributed by atoms with van der Waals surface area (Å²) in [6, 6.07) is 12.2. The lowest BCUT2D eigenvalue weighted by Crippen LogP contribution is -2.35. The van der Waals surface area contributed by atoms with Gasteiger partial charge in [-0.05, 0) is 18.1 Å². The first-order valence-corrected chi connectivity index (χ1v) is 10.5. The van der Waals surface area contributed by atoms with E-state index >= 15 is 0 Å². The van der Waals surface area contributed by atoms with Crippen LogP contribution in [-0.4, -0.2) is 65.7 Å². The van der Waals surface area contributed by atoms with Gasteiger partial charge in [0.1, 0.15) is 0 Å².